The summed E-state index contributed by atoms with van der Waals surface area (Å²) >= 11 is 0. The minimum Gasteiger partial charge on any atom is -0.377 e. The first-order valence-electron chi connectivity index (χ1n) is 7.15. The lowest BCUT2D eigenvalue weighted by molar-refractivity contribution is 0.178. The molecule has 5 heteroatoms. The van der Waals surface area contributed by atoms with Gasteiger partial charge in [0.15, 0.2) is 5.82 Å². The number of aryl methyl sites for hydroxylation is 1. The lowest BCUT2D eigenvalue weighted by atomic mass is 10.2. The molecule has 0 saturated carbocycles. The highest BCUT2D eigenvalue weighted by Gasteiger charge is 2.05. The van der Waals surface area contributed by atoms with Crippen molar-refractivity contribution in [3.05, 3.63) is 41.7 Å². The van der Waals surface area contributed by atoms with Gasteiger partial charge in [-0.3, -0.25) is 0 Å². The van der Waals surface area contributed by atoms with E-state index in [0.717, 1.165) is 30.3 Å². The monoisotopic (exact) mass is 286 g/mol. The Hall–Kier alpha value is -2.14. The zero-order valence-electron chi connectivity index (χ0n) is 12.8. The molecular formula is C16H22N4O. The van der Waals surface area contributed by atoms with Crippen molar-refractivity contribution >= 4 is 17.3 Å². The van der Waals surface area contributed by atoms with Gasteiger partial charge in [0.05, 0.1) is 0 Å². The summed E-state index contributed by atoms with van der Waals surface area (Å²) in [6.45, 7) is 5.46. The number of aromatic nitrogens is 2. The zero-order valence-corrected chi connectivity index (χ0v) is 12.8. The molecule has 1 heterocycles. The summed E-state index contributed by atoms with van der Waals surface area (Å²) in [6.07, 6.45) is 1.05. The lowest BCUT2D eigenvalue weighted by Gasteiger charge is -2.11. The summed E-state index contributed by atoms with van der Waals surface area (Å²) in [5.41, 5.74) is 2.23. The van der Waals surface area contributed by atoms with Crippen LogP contribution in [0.2, 0.25) is 0 Å². The Morgan fingerprint density at radius 2 is 1.81 bits per heavy atom. The first-order chi connectivity index (χ1) is 10.2. The fourth-order valence-corrected chi connectivity index (χ4v) is 1.88. The van der Waals surface area contributed by atoms with E-state index < -0.39 is 0 Å². The number of nitrogens with one attached hydrogen (secondary N) is 2. The SMILES string of the molecule is CCCNc1cc(Nc2ccc(C)cc2)nc(COC)n1. The van der Waals surface area contributed by atoms with Crippen LogP contribution in [0.5, 0.6) is 0 Å². The first-order valence-corrected chi connectivity index (χ1v) is 7.15. The molecule has 0 fully saturated rings. The molecule has 2 N–H and O–H groups in total. The topological polar surface area (TPSA) is 59.1 Å². The summed E-state index contributed by atoms with van der Waals surface area (Å²) in [5, 5.41) is 6.58. The van der Waals surface area contributed by atoms with Crippen LogP contribution in [0.4, 0.5) is 17.3 Å². The number of hydrogen-bond donors (Lipinski definition) is 2. The van der Waals surface area contributed by atoms with Crippen molar-refractivity contribution in [2.24, 2.45) is 0 Å². The largest absolute Gasteiger partial charge is 0.377 e. The van der Waals surface area contributed by atoms with E-state index in [9.17, 15) is 0 Å². The van der Waals surface area contributed by atoms with Crippen LogP contribution in [0.25, 0.3) is 0 Å². The van der Waals surface area contributed by atoms with Crippen molar-refractivity contribution in [2.75, 3.05) is 24.3 Å². The van der Waals surface area contributed by atoms with Crippen molar-refractivity contribution in [1.82, 2.24) is 9.97 Å². The lowest BCUT2D eigenvalue weighted by Crippen LogP contribution is -2.07. The Kier molecular flexibility index (Phi) is 5.51. The standard InChI is InChI=1S/C16H22N4O/c1-4-9-17-14-10-15(20-16(19-14)11-21-3)18-13-7-5-12(2)6-8-13/h5-8,10H,4,9,11H2,1-3H3,(H2,17,18,19,20). The summed E-state index contributed by atoms with van der Waals surface area (Å²) < 4.78 is 5.13. The number of ether oxygens (including phenoxy) is 1. The van der Waals surface area contributed by atoms with Gasteiger partial charge in [-0.2, -0.15) is 0 Å². The molecule has 0 radical (unpaired) electrons. The van der Waals surface area contributed by atoms with Gasteiger partial charge in [0.2, 0.25) is 0 Å². The maximum absolute atomic E-state index is 5.13. The predicted molar refractivity (Wildman–Crippen MR) is 86.0 cm³/mol. The average Bonchev–Trinajstić information content (AvgIpc) is 2.48. The van der Waals surface area contributed by atoms with E-state index >= 15 is 0 Å². The average molecular weight is 286 g/mol. The smallest absolute Gasteiger partial charge is 0.158 e. The van der Waals surface area contributed by atoms with Gasteiger partial charge in [0, 0.05) is 25.4 Å². The predicted octanol–water partition coefficient (Wildman–Crippen LogP) is 3.50. The summed E-state index contributed by atoms with van der Waals surface area (Å²) in [6, 6.07) is 10.1. The molecule has 0 bridgehead atoms. The van der Waals surface area contributed by atoms with Crippen molar-refractivity contribution < 1.29 is 4.74 Å². The normalized spacial score (nSPS) is 10.4. The quantitative estimate of drug-likeness (QED) is 0.816. The number of methoxy groups -OCH3 is 1. The van der Waals surface area contributed by atoms with Gasteiger partial charge in [0.1, 0.15) is 18.2 Å². The van der Waals surface area contributed by atoms with E-state index in [1.54, 1.807) is 7.11 Å². The zero-order chi connectivity index (χ0) is 15.1. The molecule has 2 rings (SSSR count). The van der Waals surface area contributed by atoms with Crippen LogP contribution in [0.15, 0.2) is 30.3 Å². The molecule has 0 spiro atoms. The highest BCUT2D eigenvalue weighted by molar-refractivity contribution is 5.59. The molecule has 1 aromatic heterocycles. The van der Waals surface area contributed by atoms with Crippen LogP contribution in [0, 0.1) is 6.92 Å². The second kappa shape index (κ2) is 7.59. The van der Waals surface area contributed by atoms with Gasteiger partial charge in [-0.25, -0.2) is 9.97 Å². The molecule has 112 valence electrons. The Balaban J connectivity index is 2.19. The minimum absolute atomic E-state index is 0.393. The molecular weight excluding hydrogens is 264 g/mol. The molecule has 21 heavy (non-hydrogen) atoms. The number of benzene rings is 1. The molecule has 0 amide bonds. The Morgan fingerprint density at radius 3 is 2.48 bits per heavy atom. The van der Waals surface area contributed by atoms with Crippen molar-refractivity contribution in [1.29, 1.82) is 0 Å². The van der Waals surface area contributed by atoms with E-state index in [1.807, 2.05) is 18.2 Å². The molecule has 0 aliphatic carbocycles. The van der Waals surface area contributed by atoms with Gasteiger partial charge in [-0.05, 0) is 25.5 Å². The van der Waals surface area contributed by atoms with Gasteiger partial charge in [0.25, 0.3) is 0 Å². The number of anilines is 3. The Labute approximate surface area is 125 Å². The third-order valence-corrected chi connectivity index (χ3v) is 2.93. The molecule has 2 aromatic rings. The Bertz CT molecular complexity index is 569. The second-order valence-electron chi connectivity index (χ2n) is 4.91. The maximum atomic E-state index is 5.13. The fraction of sp³-hybridized carbons (Fsp3) is 0.375. The highest BCUT2D eigenvalue weighted by atomic mass is 16.5. The van der Waals surface area contributed by atoms with Crippen LogP contribution < -0.4 is 10.6 Å². The minimum atomic E-state index is 0.393. The summed E-state index contributed by atoms with van der Waals surface area (Å²) in [5.74, 6) is 2.24. The molecule has 0 unspecified atom stereocenters. The van der Waals surface area contributed by atoms with E-state index in [1.165, 1.54) is 5.56 Å². The van der Waals surface area contributed by atoms with Crippen LogP contribution in [0.1, 0.15) is 24.7 Å². The second-order valence-corrected chi connectivity index (χ2v) is 4.91. The van der Waals surface area contributed by atoms with Crippen LogP contribution >= 0.6 is 0 Å². The number of rotatable bonds is 7. The molecule has 0 atom stereocenters. The molecule has 0 saturated heterocycles. The number of nitrogens with zero attached hydrogens (tertiary/aromatic N) is 2. The molecule has 5 nitrogen and oxygen atoms in total. The van der Waals surface area contributed by atoms with Crippen LogP contribution in [-0.2, 0) is 11.3 Å². The molecule has 0 aliphatic rings. The van der Waals surface area contributed by atoms with E-state index in [-0.39, 0.29) is 0 Å². The van der Waals surface area contributed by atoms with Gasteiger partial charge >= 0.3 is 0 Å². The fourth-order valence-electron chi connectivity index (χ4n) is 1.88. The van der Waals surface area contributed by atoms with E-state index in [2.05, 4.69) is 46.6 Å². The van der Waals surface area contributed by atoms with Crippen molar-refractivity contribution in [3.63, 3.8) is 0 Å². The third-order valence-electron chi connectivity index (χ3n) is 2.93. The third kappa shape index (κ3) is 4.72. The van der Waals surface area contributed by atoms with E-state index in [0.29, 0.717) is 12.4 Å². The molecule has 1 aromatic carbocycles. The van der Waals surface area contributed by atoms with E-state index in [4.69, 9.17) is 4.74 Å². The first kappa shape index (κ1) is 15.3. The number of hydrogen-bond acceptors (Lipinski definition) is 5. The van der Waals surface area contributed by atoms with Crippen LogP contribution in [0.3, 0.4) is 0 Å². The Morgan fingerprint density at radius 1 is 1.10 bits per heavy atom. The van der Waals surface area contributed by atoms with Crippen LogP contribution in [-0.4, -0.2) is 23.6 Å². The van der Waals surface area contributed by atoms with Crippen molar-refractivity contribution in [3.8, 4) is 0 Å². The van der Waals surface area contributed by atoms with Gasteiger partial charge < -0.3 is 15.4 Å². The van der Waals surface area contributed by atoms with Gasteiger partial charge in [-0.1, -0.05) is 24.6 Å². The highest BCUT2D eigenvalue weighted by Crippen LogP contribution is 2.18. The summed E-state index contributed by atoms with van der Waals surface area (Å²) in [7, 11) is 1.64. The maximum Gasteiger partial charge on any atom is 0.158 e. The van der Waals surface area contributed by atoms with Gasteiger partial charge in [-0.15, -0.1) is 0 Å². The molecule has 0 aliphatic heterocycles. The summed E-state index contributed by atoms with van der Waals surface area (Å²) in [4.78, 5) is 8.89. The van der Waals surface area contributed by atoms with Crippen molar-refractivity contribution in [2.45, 2.75) is 26.9 Å².